The van der Waals surface area contributed by atoms with Crippen LogP contribution < -0.4 is 10.1 Å². The Hall–Kier alpha value is -2.35. The molecule has 1 amide bonds. The quantitative estimate of drug-likeness (QED) is 0.368. The minimum atomic E-state index is -3.03. The van der Waals surface area contributed by atoms with Gasteiger partial charge in [-0.3, -0.25) is 4.79 Å². The number of hydrogen-bond acceptors (Lipinski definition) is 3. The Kier molecular flexibility index (Phi) is 7.41. The van der Waals surface area contributed by atoms with Gasteiger partial charge in [0, 0.05) is 16.1 Å². The summed E-state index contributed by atoms with van der Waals surface area (Å²) in [5, 5.41) is 8.04. The molecule has 0 atom stereocenters. The van der Waals surface area contributed by atoms with Gasteiger partial charge in [-0.15, -0.1) is 0 Å². The number of amides is 1. The van der Waals surface area contributed by atoms with Crippen molar-refractivity contribution < 1.29 is 18.3 Å². The Morgan fingerprint density at radius 3 is 2.33 bits per heavy atom. The molecule has 1 heterocycles. The lowest BCUT2D eigenvalue weighted by Gasteiger charge is -2.22. The van der Waals surface area contributed by atoms with Crippen molar-refractivity contribution in [2.45, 2.75) is 44.6 Å². The van der Waals surface area contributed by atoms with E-state index < -0.39 is 23.6 Å². The fraction of sp³-hybridized carbons (Fsp3) is 0.304. The smallest absolute Gasteiger partial charge is 0.272 e. The number of hydrogen-bond donors (Lipinski definition) is 1. The zero-order chi connectivity index (χ0) is 23.5. The van der Waals surface area contributed by atoms with E-state index in [0.717, 1.165) is 36.8 Å². The van der Waals surface area contributed by atoms with Gasteiger partial charge in [0.25, 0.3) is 12.3 Å². The van der Waals surface area contributed by atoms with E-state index in [1.54, 1.807) is 18.2 Å². The number of benzene rings is 2. The molecule has 33 heavy (non-hydrogen) atoms. The fourth-order valence-corrected chi connectivity index (χ4v) is 4.42. The maximum atomic E-state index is 14.3. The number of ether oxygens (including phenoxy) is 1. The van der Waals surface area contributed by atoms with Crippen LogP contribution in [0.2, 0.25) is 15.1 Å². The largest absolute Gasteiger partial charge is 0.438 e. The zero-order valence-corrected chi connectivity index (χ0v) is 19.6. The molecule has 1 aliphatic rings. The van der Waals surface area contributed by atoms with Gasteiger partial charge >= 0.3 is 0 Å². The van der Waals surface area contributed by atoms with E-state index in [9.17, 15) is 13.6 Å². The van der Waals surface area contributed by atoms with Gasteiger partial charge in [-0.2, -0.15) is 9.78 Å². The lowest BCUT2D eigenvalue weighted by Crippen LogP contribution is -2.36. The molecule has 5 nitrogen and oxygen atoms in total. The molecule has 4 rings (SSSR count). The molecule has 3 aromatic rings. The summed E-state index contributed by atoms with van der Waals surface area (Å²) >= 11 is 18.2. The van der Waals surface area contributed by atoms with Crippen LogP contribution in [-0.2, 0) is 0 Å². The average molecular weight is 515 g/mol. The van der Waals surface area contributed by atoms with E-state index in [4.69, 9.17) is 39.5 Å². The summed E-state index contributed by atoms with van der Waals surface area (Å²) < 4.78 is 35.5. The Labute approximate surface area is 204 Å². The van der Waals surface area contributed by atoms with Crippen molar-refractivity contribution in [2.24, 2.45) is 0 Å². The van der Waals surface area contributed by atoms with Gasteiger partial charge in [0.05, 0.1) is 10.7 Å². The minimum absolute atomic E-state index is 0.0818. The van der Waals surface area contributed by atoms with Gasteiger partial charge < -0.3 is 10.1 Å². The Morgan fingerprint density at radius 1 is 1.03 bits per heavy atom. The van der Waals surface area contributed by atoms with Gasteiger partial charge in [-0.1, -0.05) is 54.1 Å². The molecular weight excluding hydrogens is 495 g/mol. The van der Waals surface area contributed by atoms with E-state index in [2.05, 4.69) is 10.4 Å². The molecule has 1 saturated carbocycles. The zero-order valence-electron chi connectivity index (χ0n) is 17.3. The monoisotopic (exact) mass is 513 g/mol. The summed E-state index contributed by atoms with van der Waals surface area (Å²) in [7, 11) is 0. The second-order valence-electron chi connectivity index (χ2n) is 7.74. The highest BCUT2D eigenvalue weighted by Gasteiger charge is 2.33. The Balaban J connectivity index is 1.81. The van der Waals surface area contributed by atoms with E-state index in [0.29, 0.717) is 10.0 Å². The third-order valence-electron chi connectivity index (χ3n) is 5.42. The number of rotatable bonds is 6. The van der Waals surface area contributed by atoms with Crippen LogP contribution in [0.1, 0.15) is 54.6 Å². The van der Waals surface area contributed by atoms with Crippen molar-refractivity contribution in [1.29, 1.82) is 0 Å². The van der Waals surface area contributed by atoms with Crippen LogP contribution in [0.4, 0.5) is 8.78 Å². The standard InChI is InChI=1S/C23H20Cl3F2N3O2/c24-13-6-9-16(10-7-13)33-23-19(21(27)28)20(22(32)29-15-4-2-1-3-5-15)30-31(23)18-11-8-14(25)12-17(18)26/h6-12,15,21H,1-5H2,(H,29,32). The summed E-state index contributed by atoms with van der Waals surface area (Å²) in [5.41, 5.74) is -0.793. The summed E-state index contributed by atoms with van der Waals surface area (Å²) in [6.45, 7) is 0. The first-order chi connectivity index (χ1) is 15.8. The lowest BCUT2D eigenvalue weighted by atomic mass is 9.95. The molecule has 10 heteroatoms. The van der Waals surface area contributed by atoms with Crippen molar-refractivity contribution >= 4 is 40.7 Å². The first kappa shape index (κ1) is 23.8. The van der Waals surface area contributed by atoms with Crippen LogP contribution in [0.3, 0.4) is 0 Å². The van der Waals surface area contributed by atoms with Crippen LogP contribution >= 0.6 is 34.8 Å². The van der Waals surface area contributed by atoms with E-state index in [1.165, 1.54) is 24.3 Å². The maximum absolute atomic E-state index is 14.3. The van der Waals surface area contributed by atoms with Gasteiger partial charge in [0.2, 0.25) is 5.88 Å². The molecule has 1 aromatic heterocycles. The summed E-state index contributed by atoms with van der Waals surface area (Å²) in [4.78, 5) is 13.0. The van der Waals surface area contributed by atoms with Crippen molar-refractivity contribution in [3.63, 3.8) is 0 Å². The second-order valence-corrected chi connectivity index (χ2v) is 9.02. The molecule has 2 aromatic carbocycles. The predicted octanol–water partition coefficient (Wildman–Crippen LogP) is 7.62. The topological polar surface area (TPSA) is 56.2 Å². The van der Waals surface area contributed by atoms with Crippen molar-refractivity contribution in [2.75, 3.05) is 0 Å². The van der Waals surface area contributed by atoms with E-state index in [1.807, 2.05) is 0 Å². The normalized spacial score (nSPS) is 14.5. The molecule has 174 valence electrons. The highest BCUT2D eigenvalue weighted by molar-refractivity contribution is 6.35. The van der Waals surface area contributed by atoms with Gasteiger partial charge in [0.15, 0.2) is 5.69 Å². The number of halogens is 5. The number of aromatic nitrogens is 2. The number of nitrogens with zero attached hydrogens (tertiary/aromatic N) is 2. The SMILES string of the molecule is O=C(NC1CCCCC1)c1nn(-c2ccc(Cl)cc2Cl)c(Oc2ccc(Cl)cc2)c1C(F)F. The summed E-state index contributed by atoms with van der Waals surface area (Å²) in [6, 6.07) is 10.6. The number of nitrogens with one attached hydrogen (secondary N) is 1. The first-order valence-corrected chi connectivity index (χ1v) is 11.6. The highest BCUT2D eigenvalue weighted by atomic mass is 35.5. The molecule has 1 aliphatic carbocycles. The number of alkyl halides is 2. The molecule has 0 unspecified atom stereocenters. The Bertz CT molecular complexity index is 1150. The highest BCUT2D eigenvalue weighted by Crippen LogP contribution is 2.39. The van der Waals surface area contributed by atoms with Gasteiger partial charge in [0.1, 0.15) is 11.3 Å². The maximum Gasteiger partial charge on any atom is 0.272 e. The number of carbonyl (C=O) groups is 1. The van der Waals surface area contributed by atoms with Gasteiger partial charge in [-0.05, 0) is 55.3 Å². The third-order valence-corrected chi connectivity index (χ3v) is 6.21. The molecule has 0 bridgehead atoms. The van der Waals surface area contributed by atoms with E-state index in [-0.39, 0.29) is 28.4 Å². The van der Waals surface area contributed by atoms with Crippen LogP contribution in [0.25, 0.3) is 5.69 Å². The van der Waals surface area contributed by atoms with Crippen molar-refractivity contribution in [1.82, 2.24) is 15.1 Å². The van der Waals surface area contributed by atoms with Crippen LogP contribution in [-0.4, -0.2) is 21.7 Å². The summed E-state index contributed by atoms with van der Waals surface area (Å²) in [6.07, 6.45) is 1.62. The van der Waals surface area contributed by atoms with Crippen LogP contribution in [0, 0.1) is 0 Å². The second kappa shape index (κ2) is 10.3. The Morgan fingerprint density at radius 2 is 1.70 bits per heavy atom. The molecule has 1 fully saturated rings. The third kappa shape index (κ3) is 5.42. The van der Waals surface area contributed by atoms with Gasteiger partial charge in [-0.25, -0.2) is 8.78 Å². The molecule has 0 spiro atoms. The fourth-order valence-electron chi connectivity index (χ4n) is 3.81. The molecule has 0 saturated heterocycles. The predicted molar refractivity (Wildman–Crippen MR) is 124 cm³/mol. The molecular formula is C23H20Cl3F2N3O2. The molecule has 0 aliphatic heterocycles. The lowest BCUT2D eigenvalue weighted by molar-refractivity contribution is 0.0908. The average Bonchev–Trinajstić information content (AvgIpc) is 3.15. The van der Waals surface area contributed by atoms with Crippen molar-refractivity contribution in [3.8, 4) is 17.3 Å². The summed E-state index contributed by atoms with van der Waals surface area (Å²) in [5.74, 6) is -0.751. The minimum Gasteiger partial charge on any atom is -0.438 e. The van der Waals surface area contributed by atoms with Crippen LogP contribution in [0.15, 0.2) is 42.5 Å². The number of carbonyl (C=O) groups excluding carboxylic acids is 1. The first-order valence-electron chi connectivity index (χ1n) is 10.4. The van der Waals surface area contributed by atoms with Crippen molar-refractivity contribution in [3.05, 3.63) is 68.8 Å². The molecule has 0 radical (unpaired) electrons. The van der Waals surface area contributed by atoms with E-state index >= 15 is 0 Å². The van der Waals surface area contributed by atoms with Crippen LogP contribution in [0.5, 0.6) is 11.6 Å². The molecule has 1 N–H and O–H groups in total.